The van der Waals surface area contributed by atoms with Gasteiger partial charge in [0.1, 0.15) is 5.75 Å². The van der Waals surface area contributed by atoms with Crippen LogP contribution in [-0.4, -0.2) is 44.7 Å². The summed E-state index contributed by atoms with van der Waals surface area (Å²) in [6.07, 6.45) is 1.26. The van der Waals surface area contributed by atoms with Gasteiger partial charge in [0, 0.05) is 31.4 Å². The van der Waals surface area contributed by atoms with Crippen LogP contribution in [0.15, 0.2) is 18.2 Å². The van der Waals surface area contributed by atoms with E-state index in [1.165, 1.54) is 5.69 Å². The molecule has 20 heavy (non-hydrogen) atoms. The number of nitrogen functional groups attached to an aromatic ring is 1. The van der Waals surface area contributed by atoms with Gasteiger partial charge in [0.25, 0.3) is 0 Å². The Morgan fingerprint density at radius 1 is 1.15 bits per heavy atom. The van der Waals surface area contributed by atoms with E-state index in [4.69, 9.17) is 10.5 Å². The number of rotatable bonds is 8. The van der Waals surface area contributed by atoms with Gasteiger partial charge < -0.3 is 20.3 Å². The van der Waals surface area contributed by atoms with E-state index in [-0.39, 0.29) is 6.10 Å². The smallest absolute Gasteiger partial charge is 0.144 e. The van der Waals surface area contributed by atoms with Crippen molar-refractivity contribution < 1.29 is 4.74 Å². The lowest BCUT2D eigenvalue weighted by Crippen LogP contribution is -2.32. The van der Waals surface area contributed by atoms with Crippen molar-refractivity contribution in [3.8, 4) is 5.75 Å². The summed E-state index contributed by atoms with van der Waals surface area (Å²) >= 11 is 0. The molecule has 2 N–H and O–H groups in total. The van der Waals surface area contributed by atoms with Crippen molar-refractivity contribution in [1.29, 1.82) is 0 Å². The van der Waals surface area contributed by atoms with E-state index in [1.807, 2.05) is 19.9 Å². The molecule has 0 atom stereocenters. The maximum Gasteiger partial charge on any atom is 0.144 e. The van der Waals surface area contributed by atoms with Gasteiger partial charge in [0.05, 0.1) is 11.8 Å². The summed E-state index contributed by atoms with van der Waals surface area (Å²) < 4.78 is 5.78. The largest absolute Gasteiger partial charge is 0.489 e. The lowest BCUT2D eigenvalue weighted by atomic mass is 10.2. The summed E-state index contributed by atoms with van der Waals surface area (Å²) in [6.45, 7) is 9.31. The first-order chi connectivity index (χ1) is 9.43. The molecule has 0 bridgehead atoms. The van der Waals surface area contributed by atoms with Crippen LogP contribution in [0.25, 0.3) is 0 Å². The Kier molecular flexibility index (Phi) is 6.65. The summed E-state index contributed by atoms with van der Waals surface area (Å²) in [7, 11) is 4.20. The number of benzene rings is 1. The molecule has 0 radical (unpaired) electrons. The van der Waals surface area contributed by atoms with Gasteiger partial charge in [-0.15, -0.1) is 0 Å². The number of hydrogen-bond donors (Lipinski definition) is 1. The number of ether oxygens (including phenoxy) is 1. The second-order valence-corrected chi connectivity index (χ2v) is 5.68. The first-order valence-electron chi connectivity index (χ1n) is 7.40. The molecule has 0 amide bonds. The summed E-state index contributed by atoms with van der Waals surface area (Å²) in [5, 5.41) is 0. The Morgan fingerprint density at radius 3 is 2.40 bits per heavy atom. The maximum atomic E-state index is 5.98. The molecule has 4 nitrogen and oxygen atoms in total. The van der Waals surface area contributed by atoms with Crippen LogP contribution in [0.1, 0.15) is 27.2 Å². The molecule has 1 aromatic carbocycles. The predicted molar refractivity (Wildman–Crippen MR) is 87.7 cm³/mol. The van der Waals surface area contributed by atoms with Gasteiger partial charge in [-0.3, -0.25) is 0 Å². The molecule has 114 valence electrons. The van der Waals surface area contributed by atoms with Crippen LogP contribution in [0.2, 0.25) is 0 Å². The highest BCUT2D eigenvalue weighted by molar-refractivity contribution is 5.62. The lowest BCUT2D eigenvalue weighted by molar-refractivity contribution is 0.244. The van der Waals surface area contributed by atoms with Crippen LogP contribution in [0, 0.1) is 0 Å². The highest BCUT2D eigenvalue weighted by Crippen LogP contribution is 2.28. The van der Waals surface area contributed by atoms with Crippen LogP contribution in [0.3, 0.4) is 0 Å². The Morgan fingerprint density at radius 2 is 1.85 bits per heavy atom. The van der Waals surface area contributed by atoms with Crippen LogP contribution in [-0.2, 0) is 0 Å². The lowest BCUT2D eigenvalue weighted by Gasteiger charge is -2.27. The van der Waals surface area contributed by atoms with Gasteiger partial charge in [0.15, 0.2) is 0 Å². The number of nitrogens with two attached hydrogens (primary N) is 1. The van der Waals surface area contributed by atoms with Crippen LogP contribution >= 0.6 is 0 Å². The molecule has 1 aromatic rings. The Bertz CT molecular complexity index is 405. The number of nitrogens with zero attached hydrogens (tertiary/aromatic N) is 2. The molecular formula is C16H29N3O. The molecule has 0 saturated carbocycles. The van der Waals surface area contributed by atoms with Gasteiger partial charge in [0.2, 0.25) is 0 Å². The minimum Gasteiger partial charge on any atom is -0.489 e. The molecule has 0 saturated heterocycles. The Labute approximate surface area is 123 Å². The first kappa shape index (κ1) is 16.6. The minimum absolute atomic E-state index is 0.133. The first-order valence-corrected chi connectivity index (χ1v) is 7.40. The van der Waals surface area contributed by atoms with Gasteiger partial charge in [-0.05, 0) is 46.5 Å². The predicted octanol–water partition coefficient (Wildman–Crippen LogP) is 2.83. The van der Waals surface area contributed by atoms with Gasteiger partial charge in [-0.2, -0.15) is 0 Å². The molecule has 0 aliphatic heterocycles. The zero-order valence-corrected chi connectivity index (χ0v) is 13.5. The molecule has 1 rings (SSSR count). The molecule has 0 aliphatic carbocycles. The third-order valence-corrected chi connectivity index (χ3v) is 3.04. The number of likely N-dealkylation sites (N-methyl/N-ethyl adjacent to an activating group) is 1. The molecule has 0 aliphatic rings. The molecule has 0 aromatic heterocycles. The normalized spacial score (nSPS) is 11.2. The quantitative estimate of drug-likeness (QED) is 0.743. The fourth-order valence-corrected chi connectivity index (χ4v) is 2.04. The van der Waals surface area contributed by atoms with E-state index in [1.54, 1.807) is 0 Å². The molecule has 0 heterocycles. The average molecular weight is 279 g/mol. The average Bonchev–Trinajstić information content (AvgIpc) is 2.36. The van der Waals surface area contributed by atoms with Crippen molar-refractivity contribution in [3.05, 3.63) is 18.2 Å². The van der Waals surface area contributed by atoms with Crippen LogP contribution < -0.4 is 15.4 Å². The summed E-state index contributed by atoms with van der Waals surface area (Å²) in [6, 6.07) is 6.07. The third kappa shape index (κ3) is 5.29. The van der Waals surface area contributed by atoms with E-state index in [2.05, 4.69) is 43.0 Å². The molecule has 0 unspecified atom stereocenters. The fraction of sp³-hybridized carbons (Fsp3) is 0.625. The van der Waals surface area contributed by atoms with Crippen molar-refractivity contribution in [2.24, 2.45) is 0 Å². The summed E-state index contributed by atoms with van der Waals surface area (Å²) in [5.74, 6) is 0.781. The van der Waals surface area contributed by atoms with Crippen molar-refractivity contribution in [2.45, 2.75) is 33.3 Å². The SMILES string of the molecule is CCCN(CCN(C)C)c1ccc(N)c(OC(C)C)c1. The summed E-state index contributed by atoms with van der Waals surface area (Å²) in [5.41, 5.74) is 7.86. The maximum absolute atomic E-state index is 5.98. The molecule has 0 spiro atoms. The van der Waals surface area contributed by atoms with Crippen LogP contribution in [0.4, 0.5) is 11.4 Å². The van der Waals surface area contributed by atoms with Crippen molar-refractivity contribution in [2.75, 3.05) is 44.4 Å². The van der Waals surface area contributed by atoms with E-state index in [0.717, 1.165) is 31.8 Å². The highest BCUT2D eigenvalue weighted by Gasteiger charge is 2.10. The third-order valence-electron chi connectivity index (χ3n) is 3.04. The zero-order chi connectivity index (χ0) is 15.1. The van der Waals surface area contributed by atoms with Crippen LogP contribution in [0.5, 0.6) is 5.75 Å². The topological polar surface area (TPSA) is 41.7 Å². The van der Waals surface area contributed by atoms with E-state index in [9.17, 15) is 0 Å². The standard InChI is InChI=1S/C16H29N3O/c1-6-9-19(11-10-18(4)5)14-7-8-15(17)16(12-14)20-13(2)3/h7-8,12-13H,6,9-11,17H2,1-5H3. The summed E-state index contributed by atoms with van der Waals surface area (Å²) in [4.78, 5) is 4.58. The Hall–Kier alpha value is -1.42. The van der Waals surface area contributed by atoms with Crippen molar-refractivity contribution in [1.82, 2.24) is 4.90 Å². The van der Waals surface area contributed by atoms with Crippen molar-refractivity contribution >= 4 is 11.4 Å². The number of hydrogen-bond acceptors (Lipinski definition) is 4. The minimum atomic E-state index is 0.133. The molecule has 0 fully saturated rings. The van der Waals surface area contributed by atoms with Crippen molar-refractivity contribution in [3.63, 3.8) is 0 Å². The van der Waals surface area contributed by atoms with Gasteiger partial charge in [-0.25, -0.2) is 0 Å². The van der Waals surface area contributed by atoms with E-state index >= 15 is 0 Å². The number of anilines is 2. The zero-order valence-electron chi connectivity index (χ0n) is 13.5. The second-order valence-electron chi connectivity index (χ2n) is 5.68. The molecular weight excluding hydrogens is 250 g/mol. The van der Waals surface area contributed by atoms with E-state index in [0.29, 0.717) is 5.69 Å². The van der Waals surface area contributed by atoms with Gasteiger partial charge in [-0.1, -0.05) is 6.92 Å². The monoisotopic (exact) mass is 279 g/mol. The Balaban J connectivity index is 2.89. The van der Waals surface area contributed by atoms with Gasteiger partial charge >= 0.3 is 0 Å². The molecule has 4 heteroatoms. The fourth-order valence-electron chi connectivity index (χ4n) is 2.04. The highest BCUT2D eigenvalue weighted by atomic mass is 16.5. The second kappa shape index (κ2) is 8.00. The van der Waals surface area contributed by atoms with E-state index < -0.39 is 0 Å².